The highest BCUT2D eigenvalue weighted by Gasteiger charge is 2.39. The summed E-state index contributed by atoms with van der Waals surface area (Å²) in [6.45, 7) is 1.32. The van der Waals surface area contributed by atoms with Crippen LogP contribution in [0, 0.1) is 0 Å². The minimum absolute atomic E-state index is 0.222. The van der Waals surface area contributed by atoms with Gasteiger partial charge in [0.1, 0.15) is 9.79 Å². The number of nitrogen functional groups attached to an aromatic ring is 1. The SMILES string of the molecule is CC(=O)Nc1ccc(Nc2cc(S(=O)(=O)O)c(N)c3c2C(=O)c2cccc(S(=O)(=O)O)c2C3=O)cc1. The maximum atomic E-state index is 13.4. The molecule has 1 aliphatic carbocycles. The van der Waals surface area contributed by atoms with Gasteiger partial charge in [-0.1, -0.05) is 12.1 Å². The molecule has 0 bridgehead atoms. The minimum Gasteiger partial charge on any atom is -0.397 e. The van der Waals surface area contributed by atoms with Crippen LogP contribution in [0.2, 0.25) is 0 Å². The van der Waals surface area contributed by atoms with E-state index in [-0.39, 0.29) is 22.7 Å². The van der Waals surface area contributed by atoms with Crippen LogP contribution in [0.5, 0.6) is 0 Å². The first-order valence-electron chi connectivity index (χ1n) is 9.98. The van der Waals surface area contributed by atoms with Crippen molar-refractivity contribution >= 4 is 60.5 Å². The fourth-order valence-corrected chi connectivity index (χ4v) is 5.24. The molecule has 36 heavy (non-hydrogen) atoms. The van der Waals surface area contributed by atoms with Gasteiger partial charge in [0.2, 0.25) is 5.91 Å². The lowest BCUT2D eigenvalue weighted by Gasteiger charge is -2.24. The molecule has 186 valence electrons. The van der Waals surface area contributed by atoms with E-state index in [9.17, 15) is 40.3 Å². The Morgan fingerprint density at radius 3 is 1.94 bits per heavy atom. The Bertz CT molecular complexity index is 1700. The summed E-state index contributed by atoms with van der Waals surface area (Å²) in [5.74, 6) is -2.33. The van der Waals surface area contributed by atoms with Crippen LogP contribution in [-0.4, -0.2) is 43.4 Å². The lowest BCUT2D eigenvalue weighted by Crippen LogP contribution is -2.27. The fraction of sp³-hybridized carbons (Fsp3) is 0.0455. The Morgan fingerprint density at radius 2 is 1.39 bits per heavy atom. The van der Waals surface area contributed by atoms with Crippen LogP contribution in [0.1, 0.15) is 38.8 Å². The molecule has 0 radical (unpaired) electrons. The second kappa shape index (κ2) is 8.53. The first-order valence-corrected chi connectivity index (χ1v) is 12.9. The molecule has 0 aromatic heterocycles. The molecule has 1 aliphatic rings. The summed E-state index contributed by atoms with van der Waals surface area (Å²) in [6, 6.07) is 10.1. The van der Waals surface area contributed by atoms with Crippen LogP contribution in [0.15, 0.2) is 58.3 Å². The standard InChI is InChI=1S/C22H17N3O9S2/c1-10(26)24-11-5-7-12(8-6-11)25-14-9-16(36(32,33)34)20(23)19-18(14)21(27)13-3-2-4-15(35(29,30)31)17(13)22(19)28/h2-9,25H,23H2,1H3,(H,24,26)(H,29,30,31)(H,32,33,34). The van der Waals surface area contributed by atoms with E-state index in [4.69, 9.17) is 5.73 Å². The zero-order valence-corrected chi connectivity index (χ0v) is 19.9. The number of nitrogens with two attached hydrogens (primary N) is 1. The van der Waals surface area contributed by atoms with Gasteiger partial charge >= 0.3 is 0 Å². The number of fused-ring (bicyclic) bond motifs is 2. The maximum absolute atomic E-state index is 13.4. The van der Waals surface area contributed by atoms with Crippen LogP contribution in [0.25, 0.3) is 0 Å². The monoisotopic (exact) mass is 531 g/mol. The van der Waals surface area contributed by atoms with Crippen molar-refractivity contribution < 1.29 is 40.3 Å². The Balaban J connectivity index is 1.97. The van der Waals surface area contributed by atoms with Crippen molar-refractivity contribution in [3.63, 3.8) is 0 Å². The van der Waals surface area contributed by atoms with Crippen molar-refractivity contribution in [2.24, 2.45) is 0 Å². The van der Waals surface area contributed by atoms with Gasteiger partial charge in [-0.15, -0.1) is 0 Å². The maximum Gasteiger partial charge on any atom is 0.296 e. The normalized spacial score (nSPS) is 13.1. The third kappa shape index (κ3) is 4.33. The van der Waals surface area contributed by atoms with Crippen molar-refractivity contribution in [2.75, 3.05) is 16.4 Å². The molecule has 3 aromatic rings. The molecule has 1 amide bonds. The van der Waals surface area contributed by atoms with Crippen molar-refractivity contribution in [2.45, 2.75) is 16.7 Å². The van der Waals surface area contributed by atoms with Gasteiger partial charge in [-0.3, -0.25) is 23.5 Å². The molecular formula is C22H17N3O9S2. The van der Waals surface area contributed by atoms with E-state index in [0.29, 0.717) is 11.4 Å². The summed E-state index contributed by atoms with van der Waals surface area (Å²) in [4.78, 5) is 36.3. The number of carbonyl (C=O) groups is 3. The van der Waals surface area contributed by atoms with E-state index in [1.807, 2.05) is 0 Å². The summed E-state index contributed by atoms with van der Waals surface area (Å²) in [5, 5.41) is 5.35. The Morgan fingerprint density at radius 1 is 0.806 bits per heavy atom. The average Bonchev–Trinajstić information content (AvgIpc) is 2.77. The highest BCUT2D eigenvalue weighted by Crippen LogP contribution is 2.41. The van der Waals surface area contributed by atoms with E-state index >= 15 is 0 Å². The lowest BCUT2D eigenvalue weighted by molar-refractivity contribution is -0.114. The first kappa shape index (κ1) is 25.0. The number of anilines is 4. The average molecular weight is 532 g/mol. The molecular weight excluding hydrogens is 514 g/mol. The van der Waals surface area contributed by atoms with Gasteiger partial charge in [0.05, 0.1) is 28.1 Å². The second-order valence-electron chi connectivity index (χ2n) is 7.76. The first-order chi connectivity index (χ1) is 16.7. The Kier molecular flexibility index (Phi) is 5.92. The number of amides is 1. The van der Waals surface area contributed by atoms with Crippen molar-refractivity contribution in [3.05, 3.63) is 70.8 Å². The van der Waals surface area contributed by atoms with Gasteiger partial charge in [-0.05, 0) is 36.4 Å². The lowest BCUT2D eigenvalue weighted by atomic mass is 9.82. The second-order valence-corrected chi connectivity index (χ2v) is 10.5. The summed E-state index contributed by atoms with van der Waals surface area (Å²) in [6.07, 6.45) is 0. The number of carbonyl (C=O) groups excluding carboxylic acids is 3. The van der Waals surface area contributed by atoms with Crippen LogP contribution in [0.3, 0.4) is 0 Å². The van der Waals surface area contributed by atoms with E-state index in [1.54, 1.807) is 0 Å². The predicted molar refractivity (Wildman–Crippen MR) is 128 cm³/mol. The molecule has 0 spiro atoms. The number of nitrogens with one attached hydrogen (secondary N) is 2. The zero-order chi connectivity index (χ0) is 26.6. The molecule has 0 unspecified atom stereocenters. The predicted octanol–water partition coefficient (Wildman–Crippen LogP) is 2.24. The third-order valence-electron chi connectivity index (χ3n) is 5.32. The molecule has 4 rings (SSSR count). The van der Waals surface area contributed by atoms with E-state index in [1.165, 1.54) is 37.3 Å². The molecule has 0 saturated heterocycles. The summed E-state index contributed by atoms with van der Waals surface area (Å²) in [7, 11) is -9.96. The molecule has 6 N–H and O–H groups in total. The van der Waals surface area contributed by atoms with E-state index < -0.39 is 58.4 Å². The summed E-state index contributed by atoms with van der Waals surface area (Å²) < 4.78 is 67.1. The molecule has 0 aliphatic heterocycles. The Labute approximate surface area is 204 Å². The molecule has 0 atom stereocenters. The number of benzene rings is 3. The minimum atomic E-state index is -5.00. The molecule has 3 aromatic carbocycles. The number of hydrogen-bond acceptors (Lipinski definition) is 9. The van der Waals surface area contributed by atoms with Crippen molar-refractivity contribution in [1.82, 2.24) is 0 Å². The van der Waals surface area contributed by atoms with Crippen LogP contribution in [-0.2, 0) is 25.0 Å². The largest absolute Gasteiger partial charge is 0.397 e. The number of hydrogen-bond donors (Lipinski definition) is 5. The highest BCUT2D eigenvalue weighted by molar-refractivity contribution is 7.86. The Hall–Kier alpha value is -4.11. The fourth-order valence-electron chi connectivity index (χ4n) is 3.88. The van der Waals surface area contributed by atoms with Gasteiger partial charge in [-0.2, -0.15) is 16.8 Å². The third-order valence-corrected chi connectivity index (χ3v) is 7.11. The van der Waals surface area contributed by atoms with Crippen molar-refractivity contribution in [3.8, 4) is 0 Å². The van der Waals surface area contributed by atoms with Gasteiger partial charge in [0.15, 0.2) is 11.6 Å². The van der Waals surface area contributed by atoms with Crippen molar-refractivity contribution in [1.29, 1.82) is 0 Å². The smallest absolute Gasteiger partial charge is 0.296 e. The summed E-state index contributed by atoms with van der Waals surface area (Å²) in [5.41, 5.74) is 3.60. The quantitative estimate of drug-likeness (QED) is 0.186. The molecule has 0 fully saturated rings. The molecule has 12 nitrogen and oxygen atoms in total. The van der Waals surface area contributed by atoms with Crippen LogP contribution >= 0.6 is 0 Å². The number of rotatable bonds is 5. The van der Waals surface area contributed by atoms with Crippen LogP contribution < -0.4 is 16.4 Å². The van der Waals surface area contributed by atoms with Gasteiger partial charge in [-0.25, -0.2) is 0 Å². The van der Waals surface area contributed by atoms with E-state index in [2.05, 4.69) is 10.6 Å². The summed E-state index contributed by atoms with van der Waals surface area (Å²) >= 11 is 0. The van der Waals surface area contributed by atoms with Gasteiger partial charge in [0.25, 0.3) is 20.2 Å². The van der Waals surface area contributed by atoms with Gasteiger partial charge < -0.3 is 16.4 Å². The molecule has 0 heterocycles. The van der Waals surface area contributed by atoms with Gasteiger partial charge in [0, 0.05) is 23.9 Å². The number of ketones is 2. The molecule has 0 saturated carbocycles. The topological polar surface area (TPSA) is 210 Å². The zero-order valence-electron chi connectivity index (χ0n) is 18.3. The van der Waals surface area contributed by atoms with E-state index in [0.717, 1.165) is 18.2 Å². The van der Waals surface area contributed by atoms with Crippen LogP contribution in [0.4, 0.5) is 22.7 Å². The molecule has 14 heteroatoms. The highest BCUT2D eigenvalue weighted by atomic mass is 32.2.